The standard InChI is InChI=1S/C18H15ClN8/c1-10-15(19)11(2)26(24-10)8-12-4-3-5-13(6-12)16-22-18-14-7-21-23-17(14)20-9-27(18)25-16/h3-7,9H,8H2,1-2H3,(H,21,23). The molecule has 0 atom stereocenters. The maximum absolute atomic E-state index is 6.26. The Morgan fingerprint density at radius 3 is 2.89 bits per heavy atom. The lowest BCUT2D eigenvalue weighted by molar-refractivity contribution is 0.659. The fourth-order valence-corrected chi connectivity index (χ4v) is 3.31. The van der Waals surface area contributed by atoms with Crippen molar-refractivity contribution in [2.45, 2.75) is 20.4 Å². The van der Waals surface area contributed by atoms with Crippen molar-refractivity contribution in [3.05, 3.63) is 58.8 Å². The normalized spacial score (nSPS) is 11.7. The van der Waals surface area contributed by atoms with Gasteiger partial charge >= 0.3 is 0 Å². The third kappa shape index (κ3) is 2.57. The van der Waals surface area contributed by atoms with Crippen LogP contribution in [0.1, 0.15) is 17.0 Å². The van der Waals surface area contributed by atoms with Gasteiger partial charge in [-0.2, -0.15) is 10.2 Å². The Morgan fingerprint density at radius 1 is 1.19 bits per heavy atom. The number of aryl methyl sites for hydroxylation is 1. The fraction of sp³-hybridized carbons (Fsp3) is 0.167. The molecule has 4 aromatic heterocycles. The number of nitrogens with zero attached hydrogens (tertiary/aromatic N) is 7. The molecule has 5 aromatic rings. The topological polar surface area (TPSA) is 89.6 Å². The van der Waals surface area contributed by atoms with Gasteiger partial charge in [-0.1, -0.05) is 29.8 Å². The van der Waals surface area contributed by atoms with Crippen LogP contribution in [-0.4, -0.2) is 39.6 Å². The highest BCUT2D eigenvalue weighted by Gasteiger charge is 2.13. The summed E-state index contributed by atoms with van der Waals surface area (Å²) in [6.45, 7) is 4.51. The Hall–Kier alpha value is -3.26. The summed E-state index contributed by atoms with van der Waals surface area (Å²) in [6.07, 6.45) is 3.34. The predicted molar refractivity (Wildman–Crippen MR) is 102 cm³/mol. The molecule has 0 spiro atoms. The van der Waals surface area contributed by atoms with Gasteiger partial charge in [0.15, 0.2) is 17.1 Å². The molecule has 0 unspecified atom stereocenters. The summed E-state index contributed by atoms with van der Waals surface area (Å²) < 4.78 is 3.58. The molecular formula is C18H15ClN8. The molecule has 0 amide bonds. The molecule has 0 aliphatic heterocycles. The van der Waals surface area contributed by atoms with E-state index < -0.39 is 0 Å². The van der Waals surface area contributed by atoms with Gasteiger partial charge in [0.2, 0.25) is 0 Å². The van der Waals surface area contributed by atoms with Gasteiger partial charge in [-0.25, -0.2) is 14.5 Å². The number of benzene rings is 1. The van der Waals surface area contributed by atoms with E-state index in [1.54, 1.807) is 17.0 Å². The number of aromatic nitrogens is 8. The minimum Gasteiger partial charge on any atom is -0.264 e. The second-order valence-corrected chi connectivity index (χ2v) is 6.80. The van der Waals surface area contributed by atoms with Crippen molar-refractivity contribution in [3.8, 4) is 11.4 Å². The Labute approximate surface area is 158 Å². The summed E-state index contributed by atoms with van der Waals surface area (Å²) in [7, 11) is 0. The minimum atomic E-state index is 0.633. The largest absolute Gasteiger partial charge is 0.264 e. The molecule has 9 heteroatoms. The van der Waals surface area contributed by atoms with Crippen molar-refractivity contribution in [2.75, 3.05) is 0 Å². The van der Waals surface area contributed by atoms with E-state index in [1.807, 2.05) is 30.7 Å². The van der Waals surface area contributed by atoms with Gasteiger partial charge < -0.3 is 0 Å². The van der Waals surface area contributed by atoms with Crippen LogP contribution in [0.4, 0.5) is 0 Å². The molecule has 4 heterocycles. The summed E-state index contributed by atoms with van der Waals surface area (Å²) >= 11 is 6.26. The van der Waals surface area contributed by atoms with Crippen LogP contribution in [0.2, 0.25) is 5.02 Å². The van der Waals surface area contributed by atoms with Gasteiger partial charge in [-0.15, -0.1) is 5.10 Å². The molecule has 1 N–H and O–H groups in total. The number of halogens is 1. The Balaban J connectivity index is 1.55. The van der Waals surface area contributed by atoms with Gasteiger partial charge in [0.1, 0.15) is 6.33 Å². The molecule has 27 heavy (non-hydrogen) atoms. The summed E-state index contributed by atoms with van der Waals surface area (Å²) in [5.41, 5.74) is 5.24. The molecule has 1 aromatic carbocycles. The van der Waals surface area contributed by atoms with Crippen LogP contribution in [0.25, 0.3) is 28.1 Å². The number of aromatic amines is 1. The number of nitrogens with one attached hydrogen (secondary N) is 1. The Kier molecular flexibility index (Phi) is 3.48. The molecule has 0 bridgehead atoms. The van der Waals surface area contributed by atoms with Gasteiger partial charge in [-0.3, -0.25) is 9.78 Å². The number of H-pyrrole nitrogens is 1. The van der Waals surface area contributed by atoms with Crippen molar-refractivity contribution >= 4 is 28.3 Å². The van der Waals surface area contributed by atoms with Crippen molar-refractivity contribution in [1.82, 2.24) is 39.6 Å². The van der Waals surface area contributed by atoms with E-state index in [0.29, 0.717) is 23.0 Å². The number of rotatable bonds is 3. The molecule has 0 fully saturated rings. The third-order valence-corrected chi connectivity index (χ3v) is 5.15. The number of fused-ring (bicyclic) bond motifs is 3. The van der Waals surface area contributed by atoms with E-state index >= 15 is 0 Å². The molecule has 0 saturated carbocycles. The summed E-state index contributed by atoms with van der Waals surface area (Å²) in [5.74, 6) is 0.638. The summed E-state index contributed by atoms with van der Waals surface area (Å²) in [4.78, 5) is 8.96. The third-order valence-electron chi connectivity index (χ3n) is 4.60. The zero-order valence-corrected chi connectivity index (χ0v) is 15.4. The first-order valence-corrected chi connectivity index (χ1v) is 8.81. The minimum absolute atomic E-state index is 0.633. The van der Waals surface area contributed by atoms with E-state index in [-0.39, 0.29) is 0 Å². The smallest absolute Gasteiger partial charge is 0.182 e. The average molecular weight is 379 g/mol. The SMILES string of the molecule is Cc1nn(Cc2cccc(-c3nc4c5cn[nH]c5ncn4n3)c2)c(C)c1Cl. The van der Waals surface area contributed by atoms with Crippen LogP contribution in [-0.2, 0) is 6.54 Å². The van der Waals surface area contributed by atoms with Gasteiger partial charge in [0, 0.05) is 5.56 Å². The van der Waals surface area contributed by atoms with E-state index in [1.165, 1.54) is 0 Å². The zero-order chi connectivity index (χ0) is 18.5. The highest BCUT2D eigenvalue weighted by molar-refractivity contribution is 6.31. The highest BCUT2D eigenvalue weighted by atomic mass is 35.5. The molecule has 8 nitrogen and oxygen atoms in total. The van der Waals surface area contributed by atoms with Crippen LogP contribution in [0, 0.1) is 13.8 Å². The molecule has 0 aliphatic rings. The lowest BCUT2D eigenvalue weighted by atomic mass is 10.1. The van der Waals surface area contributed by atoms with Crippen LogP contribution >= 0.6 is 11.6 Å². The Bertz CT molecular complexity index is 1300. The van der Waals surface area contributed by atoms with Gasteiger partial charge in [-0.05, 0) is 25.5 Å². The van der Waals surface area contributed by atoms with E-state index in [4.69, 9.17) is 11.6 Å². The predicted octanol–water partition coefficient (Wildman–Crippen LogP) is 3.18. The van der Waals surface area contributed by atoms with Crippen molar-refractivity contribution in [2.24, 2.45) is 0 Å². The summed E-state index contributed by atoms with van der Waals surface area (Å²) in [6, 6.07) is 8.11. The first-order valence-electron chi connectivity index (χ1n) is 8.43. The van der Waals surface area contributed by atoms with Crippen molar-refractivity contribution in [1.29, 1.82) is 0 Å². The molecule has 0 radical (unpaired) electrons. The van der Waals surface area contributed by atoms with E-state index in [9.17, 15) is 0 Å². The zero-order valence-electron chi connectivity index (χ0n) is 14.7. The van der Waals surface area contributed by atoms with Crippen molar-refractivity contribution < 1.29 is 0 Å². The second-order valence-electron chi connectivity index (χ2n) is 6.42. The highest BCUT2D eigenvalue weighted by Crippen LogP contribution is 2.23. The molecule has 0 saturated heterocycles. The van der Waals surface area contributed by atoms with Gasteiger partial charge in [0.05, 0.1) is 34.5 Å². The van der Waals surface area contributed by atoms with Gasteiger partial charge in [0.25, 0.3) is 0 Å². The lowest BCUT2D eigenvalue weighted by Crippen LogP contribution is -2.04. The average Bonchev–Trinajstić information content (AvgIpc) is 3.36. The van der Waals surface area contributed by atoms with Crippen LogP contribution < -0.4 is 0 Å². The number of hydrogen-bond acceptors (Lipinski definition) is 5. The first-order chi connectivity index (χ1) is 13.1. The van der Waals surface area contributed by atoms with E-state index in [0.717, 1.165) is 33.5 Å². The molecule has 5 rings (SSSR count). The molecule has 134 valence electrons. The second kappa shape index (κ2) is 5.88. The van der Waals surface area contributed by atoms with Crippen LogP contribution in [0.15, 0.2) is 36.8 Å². The van der Waals surface area contributed by atoms with Crippen molar-refractivity contribution in [3.63, 3.8) is 0 Å². The lowest BCUT2D eigenvalue weighted by Gasteiger charge is -2.06. The first kappa shape index (κ1) is 16.0. The summed E-state index contributed by atoms with van der Waals surface area (Å²) in [5, 5.41) is 17.5. The Morgan fingerprint density at radius 2 is 2.07 bits per heavy atom. The molecule has 0 aliphatic carbocycles. The quantitative estimate of drug-likeness (QED) is 0.520. The van der Waals surface area contributed by atoms with E-state index in [2.05, 4.69) is 42.5 Å². The maximum atomic E-state index is 6.26. The molecular weight excluding hydrogens is 364 g/mol. The fourth-order valence-electron chi connectivity index (χ4n) is 3.17. The number of hydrogen-bond donors (Lipinski definition) is 1. The monoisotopic (exact) mass is 378 g/mol. The maximum Gasteiger partial charge on any atom is 0.182 e. The van der Waals surface area contributed by atoms with Crippen LogP contribution in [0.5, 0.6) is 0 Å². The van der Waals surface area contributed by atoms with Crippen LogP contribution in [0.3, 0.4) is 0 Å².